The average molecular weight is 248 g/mol. The Bertz CT molecular complexity index is 564. The standard InChI is InChI=1S/C13H16O3Si/c1-15-13(14)11-12(17(2,3)4)9-7-5-6-8-10(9)16-11/h5-8H,1-4H3. The van der Waals surface area contributed by atoms with Gasteiger partial charge in [-0.1, -0.05) is 37.8 Å². The second kappa shape index (κ2) is 4.03. The number of ether oxygens (including phenoxy) is 1. The van der Waals surface area contributed by atoms with Crippen molar-refractivity contribution < 1.29 is 13.9 Å². The Hall–Kier alpha value is -1.55. The minimum Gasteiger partial charge on any atom is -0.463 e. The maximum atomic E-state index is 11.8. The van der Waals surface area contributed by atoms with Crippen molar-refractivity contribution in [2.45, 2.75) is 19.6 Å². The monoisotopic (exact) mass is 248 g/mol. The number of carbonyl (C=O) groups is 1. The van der Waals surface area contributed by atoms with Crippen LogP contribution in [-0.4, -0.2) is 21.2 Å². The molecule has 0 radical (unpaired) electrons. The molecular formula is C13H16O3Si. The van der Waals surface area contributed by atoms with Gasteiger partial charge in [0.05, 0.1) is 15.2 Å². The number of para-hydroxylation sites is 1. The molecule has 2 rings (SSSR count). The molecule has 0 unspecified atom stereocenters. The van der Waals surface area contributed by atoms with Gasteiger partial charge in [0.25, 0.3) is 0 Å². The molecule has 2 aromatic rings. The van der Waals surface area contributed by atoms with Crippen LogP contribution in [0.15, 0.2) is 28.7 Å². The summed E-state index contributed by atoms with van der Waals surface area (Å²) in [7, 11) is -0.285. The lowest BCUT2D eigenvalue weighted by Crippen LogP contribution is -2.40. The predicted octanol–water partition coefficient (Wildman–Crippen LogP) is 2.76. The Morgan fingerprint density at radius 1 is 1.24 bits per heavy atom. The molecule has 1 aromatic heterocycles. The quantitative estimate of drug-likeness (QED) is 0.606. The van der Waals surface area contributed by atoms with E-state index in [0.29, 0.717) is 5.76 Å². The number of methoxy groups -OCH3 is 1. The molecule has 0 N–H and O–H groups in total. The Morgan fingerprint density at radius 3 is 2.47 bits per heavy atom. The molecular weight excluding hydrogens is 232 g/mol. The van der Waals surface area contributed by atoms with E-state index in [1.807, 2.05) is 24.3 Å². The van der Waals surface area contributed by atoms with Crippen LogP contribution in [0.3, 0.4) is 0 Å². The molecule has 0 saturated heterocycles. The lowest BCUT2D eigenvalue weighted by molar-refractivity contribution is 0.0569. The number of fused-ring (bicyclic) bond motifs is 1. The second-order valence-electron chi connectivity index (χ2n) is 5.04. The number of hydrogen-bond acceptors (Lipinski definition) is 3. The summed E-state index contributed by atoms with van der Waals surface area (Å²) in [6, 6.07) is 7.74. The topological polar surface area (TPSA) is 39.4 Å². The molecule has 3 nitrogen and oxygen atoms in total. The molecule has 0 bridgehead atoms. The van der Waals surface area contributed by atoms with Crippen LogP contribution in [-0.2, 0) is 4.74 Å². The highest BCUT2D eigenvalue weighted by Gasteiger charge is 2.30. The highest BCUT2D eigenvalue weighted by atomic mass is 28.3. The molecule has 17 heavy (non-hydrogen) atoms. The van der Waals surface area contributed by atoms with E-state index in [9.17, 15) is 4.79 Å². The zero-order chi connectivity index (χ0) is 12.6. The third kappa shape index (κ3) is 2.00. The van der Waals surface area contributed by atoms with Gasteiger partial charge in [-0.05, 0) is 11.3 Å². The molecule has 1 aromatic carbocycles. The molecule has 0 aliphatic carbocycles. The molecule has 0 amide bonds. The maximum absolute atomic E-state index is 11.8. The van der Waals surface area contributed by atoms with Crippen LogP contribution in [0.25, 0.3) is 11.0 Å². The fourth-order valence-corrected chi connectivity index (χ4v) is 3.88. The fraction of sp³-hybridized carbons (Fsp3) is 0.308. The van der Waals surface area contributed by atoms with Gasteiger partial charge in [-0.15, -0.1) is 0 Å². The Kier molecular flexibility index (Phi) is 2.83. The van der Waals surface area contributed by atoms with E-state index >= 15 is 0 Å². The van der Waals surface area contributed by atoms with Gasteiger partial charge >= 0.3 is 5.97 Å². The third-order valence-corrected chi connectivity index (χ3v) is 4.71. The summed E-state index contributed by atoms with van der Waals surface area (Å²) in [6.07, 6.45) is 0. The van der Waals surface area contributed by atoms with Crippen molar-refractivity contribution in [3.8, 4) is 0 Å². The summed E-state index contributed by atoms with van der Waals surface area (Å²) in [4.78, 5) is 11.8. The summed E-state index contributed by atoms with van der Waals surface area (Å²) in [6.45, 7) is 6.57. The molecule has 90 valence electrons. The Morgan fingerprint density at radius 2 is 1.88 bits per heavy atom. The second-order valence-corrected chi connectivity index (χ2v) is 10.0. The SMILES string of the molecule is COC(=O)c1oc2ccccc2c1[Si](C)(C)C. The molecule has 4 heteroatoms. The van der Waals surface area contributed by atoms with Gasteiger partial charge < -0.3 is 9.15 Å². The van der Waals surface area contributed by atoms with Crippen LogP contribution < -0.4 is 5.19 Å². The first kappa shape index (κ1) is 11.9. The zero-order valence-corrected chi connectivity index (χ0v) is 11.5. The molecule has 0 spiro atoms. The van der Waals surface area contributed by atoms with Gasteiger partial charge in [0.1, 0.15) is 5.58 Å². The number of carbonyl (C=O) groups excluding carboxylic acids is 1. The Labute approximate surface area is 101 Å². The number of benzene rings is 1. The summed E-state index contributed by atoms with van der Waals surface area (Å²) in [5, 5.41) is 2.08. The lowest BCUT2D eigenvalue weighted by Gasteiger charge is -2.15. The molecule has 0 fully saturated rings. The highest BCUT2D eigenvalue weighted by Crippen LogP contribution is 2.21. The number of esters is 1. The lowest BCUT2D eigenvalue weighted by atomic mass is 10.2. The molecule has 0 aliphatic rings. The van der Waals surface area contributed by atoms with E-state index in [4.69, 9.17) is 9.15 Å². The van der Waals surface area contributed by atoms with Crippen molar-refractivity contribution in [3.63, 3.8) is 0 Å². The van der Waals surface area contributed by atoms with E-state index in [-0.39, 0.29) is 0 Å². The van der Waals surface area contributed by atoms with E-state index < -0.39 is 14.0 Å². The summed E-state index contributed by atoms with van der Waals surface area (Å²) in [5.74, 6) is -0.0218. The summed E-state index contributed by atoms with van der Waals surface area (Å²) >= 11 is 0. The maximum Gasteiger partial charge on any atom is 0.373 e. The van der Waals surface area contributed by atoms with Crippen molar-refractivity contribution in [2.24, 2.45) is 0 Å². The van der Waals surface area contributed by atoms with Crippen LogP contribution in [0, 0.1) is 0 Å². The Balaban J connectivity index is 2.79. The minimum atomic E-state index is -1.66. The van der Waals surface area contributed by atoms with Gasteiger partial charge in [0.15, 0.2) is 0 Å². The van der Waals surface area contributed by atoms with Gasteiger partial charge in [-0.2, -0.15) is 0 Å². The van der Waals surface area contributed by atoms with Crippen molar-refractivity contribution in [2.75, 3.05) is 7.11 Å². The average Bonchev–Trinajstić information content (AvgIpc) is 2.66. The summed E-state index contributed by atoms with van der Waals surface area (Å²) < 4.78 is 10.4. The van der Waals surface area contributed by atoms with Gasteiger partial charge in [-0.25, -0.2) is 4.79 Å². The highest BCUT2D eigenvalue weighted by molar-refractivity contribution is 6.91. The molecule has 0 aliphatic heterocycles. The van der Waals surface area contributed by atoms with Crippen molar-refractivity contribution in [3.05, 3.63) is 30.0 Å². The van der Waals surface area contributed by atoms with Crippen LogP contribution in [0.4, 0.5) is 0 Å². The molecule has 0 atom stereocenters. The fourth-order valence-electron chi connectivity index (χ4n) is 2.03. The normalized spacial score (nSPS) is 11.8. The first-order chi connectivity index (χ1) is 7.95. The van der Waals surface area contributed by atoms with Gasteiger partial charge in [0.2, 0.25) is 5.76 Å². The van der Waals surface area contributed by atoms with Gasteiger partial charge in [0, 0.05) is 5.39 Å². The first-order valence-electron chi connectivity index (χ1n) is 5.55. The van der Waals surface area contributed by atoms with E-state index in [1.54, 1.807) is 0 Å². The molecule has 0 saturated carbocycles. The number of hydrogen-bond donors (Lipinski definition) is 0. The predicted molar refractivity (Wildman–Crippen MR) is 70.5 cm³/mol. The number of rotatable bonds is 2. The van der Waals surface area contributed by atoms with Crippen LogP contribution >= 0.6 is 0 Å². The van der Waals surface area contributed by atoms with Crippen molar-refractivity contribution >= 4 is 30.2 Å². The van der Waals surface area contributed by atoms with Crippen molar-refractivity contribution in [1.29, 1.82) is 0 Å². The van der Waals surface area contributed by atoms with Crippen LogP contribution in [0.5, 0.6) is 0 Å². The van der Waals surface area contributed by atoms with Crippen LogP contribution in [0.2, 0.25) is 19.6 Å². The van der Waals surface area contributed by atoms with E-state index in [1.165, 1.54) is 7.11 Å². The van der Waals surface area contributed by atoms with Crippen LogP contribution in [0.1, 0.15) is 10.6 Å². The van der Waals surface area contributed by atoms with Crippen molar-refractivity contribution in [1.82, 2.24) is 0 Å². The van der Waals surface area contributed by atoms with E-state index in [2.05, 4.69) is 19.6 Å². The first-order valence-corrected chi connectivity index (χ1v) is 9.05. The molecule has 1 heterocycles. The zero-order valence-electron chi connectivity index (χ0n) is 10.5. The largest absolute Gasteiger partial charge is 0.463 e. The third-order valence-electron chi connectivity index (χ3n) is 2.72. The smallest absolute Gasteiger partial charge is 0.373 e. The summed E-state index contributed by atoms with van der Waals surface area (Å²) in [5.41, 5.74) is 0.755. The minimum absolute atomic E-state index is 0.368. The van der Waals surface area contributed by atoms with E-state index in [0.717, 1.165) is 16.2 Å². The van der Waals surface area contributed by atoms with Gasteiger partial charge in [-0.3, -0.25) is 0 Å². The number of furan rings is 1.